The molecule has 0 aromatic heterocycles. The maximum atomic E-state index is 12.7. The van der Waals surface area contributed by atoms with Crippen LogP contribution in [0, 0.1) is 0 Å². The summed E-state index contributed by atoms with van der Waals surface area (Å²) in [7, 11) is -4.08. The molecular formula is C11H10BrCl2NO4S2. The lowest BCUT2D eigenvalue weighted by Gasteiger charge is -2.32. The molecule has 1 aromatic rings. The number of hydrogen-bond donors (Lipinski definition) is 1. The van der Waals surface area contributed by atoms with Gasteiger partial charge in [-0.3, -0.25) is 4.79 Å². The minimum atomic E-state index is -4.08. The lowest BCUT2D eigenvalue weighted by Crippen LogP contribution is -2.50. The molecule has 0 aliphatic carbocycles. The average molecular weight is 435 g/mol. The van der Waals surface area contributed by atoms with Crippen LogP contribution in [0.1, 0.15) is 0 Å². The van der Waals surface area contributed by atoms with Crippen LogP contribution in [0.5, 0.6) is 0 Å². The highest BCUT2D eigenvalue weighted by Gasteiger charge is 2.39. The standard InChI is InChI=1S/C11H10BrCl2NO4S2/c12-6-3-7(13)10(8(14)4-6)21(18,19)15-1-2-20-5-9(15)11(16)17/h3-4,9H,1-2,5H2,(H,16,17). The van der Waals surface area contributed by atoms with Gasteiger partial charge in [0.1, 0.15) is 10.9 Å². The second kappa shape index (κ2) is 6.64. The number of hydrogen-bond acceptors (Lipinski definition) is 4. The Labute approximate surface area is 144 Å². The molecule has 1 atom stereocenters. The predicted octanol–water partition coefficient (Wildman–Crippen LogP) is 2.95. The van der Waals surface area contributed by atoms with Gasteiger partial charge in [0.05, 0.1) is 10.0 Å². The van der Waals surface area contributed by atoms with Gasteiger partial charge >= 0.3 is 5.97 Å². The lowest BCUT2D eigenvalue weighted by molar-refractivity contribution is -0.140. The van der Waals surface area contributed by atoms with E-state index in [1.807, 2.05) is 0 Å². The first-order chi connectivity index (χ1) is 9.75. The second-order valence-electron chi connectivity index (χ2n) is 4.24. The van der Waals surface area contributed by atoms with E-state index in [1.165, 1.54) is 23.9 Å². The van der Waals surface area contributed by atoms with Crippen molar-refractivity contribution in [2.45, 2.75) is 10.9 Å². The fourth-order valence-corrected chi connectivity index (χ4v) is 6.68. The minimum Gasteiger partial charge on any atom is -0.480 e. The Morgan fingerprint density at radius 3 is 2.48 bits per heavy atom. The molecule has 1 N–H and O–H groups in total. The Morgan fingerprint density at radius 2 is 1.95 bits per heavy atom. The first-order valence-corrected chi connectivity index (χ1v) is 9.86. The van der Waals surface area contributed by atoms with Crippen molar-refractivity contribution in [1.82, 2.24) is 4.31 Å². The molecular weight excluding hydrogens is 425 g/mol. The van der Waals surface area contributed by atoms with E-state index in [4.69, 9.17) is 23.2 Å². The summed E-state index contributed by atoms with van der Waals surface area (Å²) in [4.78, 5) is 11.0. The number of nitrogens with zero attached hydrogens (tertiary/aromatic N) is 1. The number of rotatable bonds is 3. The zero-order valence-corrected chi connectivity index (χ0v) is 15.2. The number of carboxylic acid groups (broad SMARTS) is 1. The Hall–Kier alpha value is 0.01000. The molecule has 1 heterocycles. The molecule has 2 rings (SSSR count). The monoisotopic (exact) mass is 433 g/mol. The summed E-state index contributed by atoms with van der Waals surface area (Å²) in [6.45, 7) is 0.104. The van der Waals surface area contributed by atoms with E-state index in [0.29, 0.717) is 10.2 Å². The number of benzene rings is 1. The highest BCUT2D eigenvalue weighted by atomic mass is 79.9. The summed E-state index contributed by atoms with van der Waals surface area (Å²) in [6, 6.07) is 1.70. The summed E-state index contributed by atoms with van der Waals surface area (Å²) in [5.41, 5.74) is 0. The van der Waals surface area contributed by atoms with Crippen LogP contribution >= 0.6 is 50.9 Å². The van der Waals surface area contributed by atoms with Crippen molar-refractivity contribution in [3.63, 3.8) is 0 Å². The fraction of sp³-hybridized carbons (Fsp3) is 0.364. The Kier molecular flexibility index (Phi) is 5.49. The van der Waals surface area contributed by atoms with Crippen LogP contribution in [0.2, 0.25) is 10.0 Å². The second-order valence-corrected chi connectivity index (χ2v) is 8.95. The first-order valence-electron chi connectivity index (χ1n) is 5.72. The molecule has 10 heteroatoms. The number of carboxylic acids is 1. The topological polar surface area (TPSA) is 74.7 Å². The summed E-state index contributed by atoms with van der Waals surface area (Å²) < 4.78 is 26.9. The van der Waals surface area contributed by atoms with Gasteiger partial charge in [0, 0.05) is 22.5 Å². The highest BCUT2D eigenvalue weighted by Crippen LogP contribution is 2.36. The smallest absolute Gasteiger partial charge is 0.322 e. The summed E-state index contributed by atoms with van der Waals surface area (Å²) >= 11 is 16.6. The SMILES string of the molecule is O=C(O)C1CSCCN1S(=O)(=O)c1c(Cl)cc(Br)cc1Cl. The molecule has 116 valence electrons. The largest absolute Gasteiger partial charge is 0.480 e. The van der Waals surface area contributed by atoms with E-state index < -0.39 is 22.0 Å². The van der Waals surface area contributed by atoms with Crippen molar-refractivity contribution in [2.75, 3.05) is 18.1 Å². The molecule has 1 fully saturated rings. The van der Waals surface area contributed by atoms with Gasteiger partial charge in [-0.25, -0.2) is 8.42 Å². The Balaban J connectivity index is 2.53. The highest BCUT2D eigenvalue weighted by molar-refractivity contribution is 9.10. The summed E-state index contributed by atoms with van der Waals surface area (Å²) in [5, 5.41) is 9.12. The van der Waals surface area contributed by atoms with Crippen molar-refractivity contribution < 1.29 is 18.3 Å². The van der Waals surface area contributed by atoms with Crippen molar-refractivity contribution in [3.05, 3.63) is 26.7 Å². The van der Waals surface area contributed by atoms with E-state index in [-0.39, 0.29) is 27.2 Å². The molecule has 0 spiro atoms. The van der Waals surface area contributed by atoms with Gasteiger partial charge in [-0.05, 0) is 12.1 Å². The molecule has 21 heavy (non-hydrogen) atoms. The predicted molar refractivity (Wildman–Crippen MR) is 86.8 cm³/mol. The van der Waals surface area contributed by atoms with E-state index >= 15 is 0 Å². The maximum absolute atomic E-state index is 12.7. The third kappa shape index (κ3) is 3.51. The Morgan fingerprint density at radius 1 is 1.38 bits per heavy atom. The van der Waals surface area contributed by atoms with Crippen molar-refractivity contribution >= 4 is 66.9 Å². The number of sulfonamides is 1. The number of halogens is 3. The molecule has 0 bridgehead atoms. The minimum absolute atomic E-state index is 0.0447. The Bertz CT molecular complexity index is 660. The zero-order valence-electron chi connectivity index (χ0n) is 10.4. The molecule has 1 saturated heterocycles. The summed E-state index contributed by atoms with van der Waals surface area (Å²) in [6.07, 6.45) is 0. The molecule has 1 unspecified atom stereocenters. The summed E-state index contributed by atoms with van der Waals surface area (Å²) in [5.74, 6) is -0.468. The van der Waals surface area contributed by atoms with Crippen LogP contribution in [0.4, 0.5) is 0 Å². The van der Waals surface area contributed by atoms with Crippen molar-refractivity contribution in [3.8, 4) is 0 Å². The van der Waals surface area contributed by atoms with E-state index in [2.05, 4.69) is 15.9 Å². The molecule has 0 saturated carbocycles. The van der Waals surface area contributed by atoms with Crippen LogP contribution < -0.4 is 0 Å². The quantitative estimate of drug-likeness (QED) is 0.791. The van der Waals surface area contributed by atoms with Gasteiger partial charge in [0.25, 0.3) is 0 Å². The van der Waals surface area contributed by atoms with Gasteiger partial charge in [-0.2, -0.15) is 16.1 Å². The number of aliphatic carboxylic acids is 1. The van der Waals surface area contributed by atoms with E-state index in [9.17, 15) is 18.3 Å². The van der Waals surface area contributed by atoms with Gasteiger partial charge in [-0.1, -0.05) is 39.1 Å². The molecule has 5 nitrogen and oxygen atoms in total. The van der Waals surface area contributed by atoms with Crippen LogP contribution in [0.3, 0.4) is 0 Å². The van der Waals surface area contributed by atoms with E-state index in [0.717, 1.165) is 4.31 Å². The first kappa shape index (κ1) is 17.4. The molecule has 1 aromatic carbocycles. The maximum Gasteiger partial charge on any atom is 0.322 e. The van der Waals surface area contributed by atoms with Gasteiger partial charge < -0.3 is 5.11 Å². The average Bonchev–Trinajstić information content (AvgIpc) is 2.37. The number of carbonyl (C=O) groups is 1. The molecule has 1 aliphatic rings. The molecule has 0 amide bonds. The molecule has 0 radical (unpaired) electrons. The van der Waals surface area contributed by atoms with Crippen molar-refractivity contribution in [1.29, 1.82) is 0 Å². The van der Waals surface area contributed by atoms with Gasteiger partial charge in [0.2, 0.25) is 10.0 Å². The fourth-order valence-electron chi connectivity index (χ4n) is 1.96. The lowest BCUT2D eigenvalue weighted by atomic mass is 10.3. The molecule has 1 aliphatic heterocycles. The van der Waals surface area contributed by atoms with Crippen LogP contribution in [-0.2, 0) is 14.8 Å². The normalized spacial score (nSPS) is 20.4. The number of thioether (sulfide) groups is 1. The van der Waals surface area contributed by atoms with Crippen molar-refractivity contribution in [2.24, 2.45) is 0 Å². The van der Waals surface area contributed by atoms with Gasteiger partial charge in [0.15, 0.2) is 0 Å². The van der Waals surface area contributed by atoms with E-state index in [1.54, 1.807) is 0 Å². The third-order valence-corrected chi connectivity index (χ3v) is 7.21. The zero-order chi connectivity index (χ0) is 15.8. The van der Waals surface area contributed by atoms with Gasteiger partial charge in [-0.15, -0.1) is 0 Å². The van der Waals surface area contributed by atoms with Crippen LogP contribution in [0.15, 0.2) is 21.5 Å². The third-order valence-electron chi connectivity index (χ3n) is 2.89. The van der Waals surface area contributed by atoms with Crippen LogP contribution in [-0.4, -0.2) is 47.9 Å². The van der Waals surface area contributed by atoms with Crippen LogP contribution in [0.25, 0.3) is 0 Å².